The second kappa shape index (κ2) is 4.13. The lowest BCUT2D eigenvalue weighted by Gasteiger charge is -2.01. The van der Waals surface area contributed by atoms with Gasteiger partial charge in [-0.1, -0.05) is 5.21 Å². The monoisotopic (exact) mass is 249 g/mol. The number of non-ortho nitro benzene ring substituents is 1. The van der Waals surface area contributed by atoms with E-state index in [1.807, 2.05) is 0 Å². The third-order valence-corrected chi connectivity index (χ3v) is 2.21. The highest BCUT2D eigenvalue weighted by Gasteiger charge is 2.17. The lowest BCUT2D eigenvalue weighted by atomic mass is 10.3. The molecule has 92 valence electrons. The van der Waals surface area contributed by atoms with E-state index in [2.05, 4.69) is 10.3 Å². The summed E-state index contributed by atoms with van der Waals surface area (Å²) in [6.07, 6.45) is 0. The minimum absolute atomic E-state index is 0.0871. The number of carboxylic acid groups (broad SMARTS) is 1. The molecule has 1 heterocycles. The van der Waals surface area contributed by atoms with Gasteiger partial charge in [-0.3, -0.25) is 10.1 Å². The lowest BCUT2D eigenvalue weighted by Crippen LogP contribution is -2.05. The maximum Gasteiger partial charge on any atom is 0.360 e. The lowest BCUT2D eigenvalue weighted by molar-refractivity contribution is -0.384. The van der Waals surface area contributed by atoms with Crippen LogP contribution in [0.3, 0.4) is 0 Å². The first-order valence-electron chi connectivity index (χ1n) is 4.70. The fraction of sp³-hybridized carbons (Fsp3) is 0. The van der Waals surface area contributed by atoms with Gasteiger partial charge in [-0.25, -0.2) is 4.79 Å². The standard InChI is InChI=1S/C9H7N5O4/c10-8-7(9(15)16)11-12-13(8)5-1-3-6(4-2-5)14(17)18/h1-4H,10H2,(H,15,16). The zero-order valence-electron chi connectivity index (χ0n) is 8.85. The molecule has 1 aromatic heterocycles. The van der Waals surface area contributed by atoms with Crippen LogP contribution in [-0.4, -0.2) is 31.0 Å². The van der Waals surface area contributed by atoms with Gasteiger partial charge in [-0.2, -0.15) is 4.68 Å². The van der Waals surface area contributed by atoms with Gasteiger partial charge < -0.3 is 10.8 Å². The highest BCUT2D eigenvalue weighted by Crippen LogP contribution is 2.18. The van der Waals surface area contributed by atoms with Crippen LogP contribution in [0.4, 0.5) is 11.5 Å². The van der Waals surface area contributed by atoms with Crippen LogP contribution in [0.25, 0.3) is 5.69 Å². The van der Waals surface area contributed by atoms with Crippen LogP contribution in [-0.2, 0) is 0 Å². The fourth-order valence-electron chi connectivity index (χ4n) is 1.35. The van der Waals surface area contributed by atoms with Crippen molar-refractivity contribution in [3.8, 4) is 5.69 Å². The predicted octanol–water partition coefficient (Wildman–Crippen LogP) is 0.456. The third kappa shape index (κ3) is 1.84. The summed E-state index contributed by atoms with van der Waals surface area (Å²) in [5.74, 6) is -1.43. The Morgan fingerprint density at radius 3 is 2.44 bits per heavy atom. The van der Waals surface area contributed by atoms with Crippen molar-refractivity contribution in [1.29, 1.82) is 0 Å². The van der Waals surface area contributed by atoms with Crippen molar-refractivity contribution in [3.63, 3.8) is 0 Å². The maximum absolute atomic E-state index is 10.7. The molecule has 9 heteroatoms. The second-order valence-corrected chi connectivity index (χ2v) is 3.31. The zero-order chi connectivity index (χ0) is 13.3. The molecular formula is C9H7N5O4. The highest BCUT2D eigenvalue weighted by molar-refractivity contribution is 5.90. The Kier molecular flexibility index (Phi) is 2.64. The van der Waals surface area contributed by atoms with Crippen LogP contribution in [0.2, 0.25) is 0 Å². The number of nitrogens with zero attached hydrogens (tertiary/aromatic N) is 4. The van der Waals surface area contributed by atoms with E-state index in [1.54, 1.807) is 0 Å². The Bertz CT molecular complexity index is 618. The molecule has 0 bridgehead atoms. The molecule has 0 atom stereocenters. The second-order valence-electron chi connectivity index (χ2n) is 3.31. The Morgan fingerprint density at radius 2 is 2.00 bits per heavy atom. The van der Waals surface area contributed by atoms with E-state index in [0.717, 1.165) is 4.68 Å². The van der Waals surface area contributed by atoms with Crippen LogP contribution in [0.1, 0.15) is 10.5 Å². The Balaban J connectivity index is 2.43. The molecule has 2 aromatic rings. The number of nitrogens with two attached hydrogens (primary N) is 1. The molecular weight excluding hydrogens is 242 g/mol. The molecule has 0 saturated heterocycles. The van der Waals surface area contributed by atoms with Crippen molar-refractivity contribution in [1.82, 2.24) is 15.0 Å². The molecule has 0 saturated carbocycles. The predicted molar refractivity (Wildman–Crippen MR) is 59.4 cm³/mol. The number of carboxylic acids is 1. The average molecular weight is 249 g/mol. The molecule has 0 aliphatic rings. The SMILES string of the molecule is Nc1c(C(=O)O)nnn1-c1ccc([N+](=O)[O-])cc1. The number of hydrogen-bond acceptors (Lipinski definition) is 6. The number of aromatic carboxylic acids is 1. The van der Waals surface area contributed by atoms with E-state index in [-0.39, 0.29) is 17.2 Å². The first kappa shape index (κ1) is 11.5. The van der Waals surface area contributed by atoms with Crippen LogP contribution >= 0.6 is 0 Å². The largest absolute Gasteiger partial charge is 0.476 e. The topological polar surface area (TPSA) is 137 Å². The van der Waals surface area contributed by atoms with Crippen LogP contribution in [0.15, 0.2) is 24.3 Å². The minimum atomic E-state index is -1.29. The Hall–Kier alpha value is -2.97. The van der Waals surface area contributed by atoms with Gasteiger partial charge in [0.25, 0.3) is 5.69 Å². The van der Waals surface area contributed by atoms with Crippen molar-refractivity contribution in [2.45, 2.75) is 0 Å². The summed E-state index contributed by atoms with van der Waals surface area (Å²) in [5.41, 5.74) is 5.49. The first-order chi connectivity index (χ1) is 8.50. The molecule has 3 N–H and O–H groups in total. The number of nitro benzene ring substituents is 1. The molecule has 0 radical (unpaired) electrons. The van der Waals surface area contributed by atoms with Crippen molar-refractivity contribution < 1.29 is 14.8 Å². The normalized spacial score (nSPS) is 10.2. The smallest absolute Gasteiger partial charge is 0.360 e. The number of hydrogen-bond donors (Lipinski definition) is 2. The maximum atomic E-state index is 10.7. The van der Waals surface area contributed by atoms with Gasteiger partial charge >= 0.3 is 5.97 Å². The van der Waals surface area contributed by atoms with Crippen molar-refractivity contribution in [2.24, 2.45) is 0 Å². The molecule has 0 unspecified atom stereocenters. The average Bonchev–Trinajstić information content (AvgIpc) is 2.71. The number of rotatable bonds is 3. The summed E-state index contributed by atoms with van der Waals surface area (Å²) in [5, 5.41) is 26.2. The zero-order valence-corrected chi connectivity index (χ0v) is 8.85. The summed E-state index contributed by atoms with van der Waals surface area (Å²) in [6.45, 7) is 0. The first-order valence-corrected chi connectivity index (χ1v) is 4.70. The highest BCUT2D eigenvalue weighted by atomic mass is 16.6. The van der Waals surface area contributed by atoms with E-state index in [4.69, 9.17) is 10.8 Å². The van der Waals surface area contributed by atoms with Gasteiger partial charge in [0.05, 0.1) is 10.6 Å². The minimum Gasteiger partial charge on any atom is -0.476 e. The van der Waals surface area contributed by atoms with E-state index in [9.17, 15) is 14.9 Å². The molecule has 0 aliphatic heterocycles. The van der Waals surface area contributed by atoms with Gasteiger partial charge in [0.1, 0.15) is 0 Å². The number of anilines is 1. The number of nitro groups is 1. The van der Waals surface area contributed by atoms with E-state index >= 15 is 0 Å². The molecule has 2 rings (SSSR count). The van der Waals surface area contributed by atoms with Gasteiger partial charge in [0.2, 0.25) is 5.69 Å². The van der Waals surface area contributed by atoms with E-state index in [1.165, 1.54) is 24.3 Å². The van der Waals surface area contributed by atoms with E-state index < -0.39 is 10.9 Å². The molecule has 18 heavy (non-hydrogen) atoms. The van der Waals surface area contributed by atoms with Crippen LogP contribution in [0, 0.1) is 10.1 Å². The summed E-state index contributed by atoms with van der Waals surface area (Å²) in [7, 11) is 0. The number of benzene rings is 1. The Labute approximate surface area is 99.6 Å². The van der Waals surface area contributed by atoms with Gasteiger partial charge in [0, 0.05) is 12.1 Å². The van der Waals surface area contributed by atoms with Crippen LogP contribution < -0.4 is 5.73 Å². The van der Waals surface area contributed by atoms with Crippen molar-refractivity contribution in [2.75, 3.05) is 5.73 Å². The van der Waals surface area contributed by atoms with Crippen molar-refractivity contribution in [3.05, 3.63) is 40.1 Å². The molecule has 0 spiro atoms. The third-order valence-electron chi connectivity index (χ3n) is 2.21. The molecule has 9 nitrogen and oxygen atoms in total. The van der Waals surface area contributed by atoms with Crippen LogP contribution in [0.5, 0.6) is 0 Å². The summed E-state index contributed by atoms with van der Waals surface area (Å²) < 4.78 is 1.09. The number of aromatic nitrogens is 3. The van der Waals surface area contributed by atoms with Gasteiger partial charge in [0.15, 0.2) is 5.82 Å². The quantitative estimate of drug-likeness (QED) is 0.595. The summed E-state index contributed by atoms with van der Waals surface area (Å²) in [4.78, 5) is 20.7. The van der Waals surface area contributed by atoms with E-state index in [0.29, 0.717) is 5.69 Å². The number of nitrogen functional groups attached to an aromatic ring is 1. The van der Waals surface area contributed by atoms with Gasteiger partial charge in [-0.05, 0) is 12.1 Å². The Morgan fingerprint density at radius 1 is 1.39 bits per heavy atom. The fourth-order valence-corrected chi connectivity index (χ4v) is 1.35. The number of carbonyl (C=O) groups is 1. The summed E-state index contributed by atoms with van der Waals surface area (Å²) in [6, 6.07) is 5.32. The summed E-state index contributed by atoms with van der Waals surface area (Å²) >= 11 is 0. The molecule has 0 amide bonds. The van der Waals surface area contributed by atoms with Gasteiger partial charge in [-0.15, -0.1) is 5.10 Å². The molecule has 1 aromatic carbocycles. The molecule has 0 fully saturated rings. The van der Waals surface area contributed by atoms with Crippen molar-refractivity contribution >= 4 is 17.5 Å². The molecule has 0 aliphatic carbocycles.